The van der Waals surface area contributed by atoms with Crippen LogP contribution in [-0.4, -0.2) is 60.8 Å². The van der Waals surface area contributed by atoms with Crippen molar-refractivity contribution in [2.45, 2.75) is 58.4 Å². The van der Waals surface area contributed by atoms with Crippen LogP contribution in [0.3, 0.4) is 0 Å². The third-order valence-electron chi connectivity index (χ3n) is 9.08. The van der Waals surface area contributed by atoms with E-state index in [1.807, 2.05) is 11.0 Å². The Labute approximate surface area is 316 Å². The minimum atomic E-state index is -3.82. The number of nitrogens with zero attached hydrogens (tertiary/aromatic N) is 3. The lowest BCUT2D eigenvalue weighted by molar-refractivity contribution is -0.185. The summed E-state index contributed by atoms with van der Waals surface area (Å²) >= 11 is 6.68. The molecule has 0 N–H and O–H groups in total. The minimum absolute atomic E-state index is 0.0278. The summed E-state index contributed by atoms with van der Waals surface area (Å²) in [5.74, 6) is 0.0472. The van der Waals surface area contributed by atoms with Gasteiger partial charge in [0.05, 0.1) is 10.6 Å². The standard InChI is InChI=1S/C40H38ClF2N3O8/c1-25-31(28-9-10-35-38(20-28)51-16-15-50-35)6-5-7-32(25)40(42,43)54-37-21-36(53-24-27-11-12-45-30(18-27)22-44)29(19-33(37)41)23-46-13-4-3-8-34(46)39(48)52-17-14-49-26(2)47/h5-7,9-12,18-21,34H,3-4,8,13-17,23-24H2,1-2H3/t34-/m0/s1. The van der Waals surface area contributed by atoms with Gasteiger partial charge >= 0.3 is 18.0 Å². The summed E-state index contributed by atoms with van der Waals surface area (Å²) in [5.41, 5.74) is 2.50. The van der Waals surface area contributed by atoms with E-state index in [0.29, 0.717) is 65.5 Å². The molecule has 11 nitrogen and oxygen atoms in total. The van der Waals surface area contributed by atoms with Gasteiger partial charge in [-0.2, -0.15) is 14.0 Å². The number of hydrogen-bond acceptors (Lipinski definition) is 11. The second-order valence-corrected chi connectivity index (χ2v) is 13.2. The van der Waals surface area contributed by atoms with Gasteiger partial charge in [0.25, 0.3) is 0 Å². The van der Waals surface area contributed by atoms with Crippen molar-refractivity contribution in [3.8, 4) is 40.2 Å². The molecule has 282 valence electrons. The van der Waals surface area contributed by atoms with Gasteiger partial charge in [-0.1, -0.05) is 36.2 Å². The van der Waals surface area contributed by atoms with Crippen LogP contribution < -0.4 is 18.9 Å². The molecule has 3 aromatic carbocycles. The highest BCUT2D eigenvalue weighted by Crippen LogP contribution is 2.43. The molecule has 54 heavy (non-hydrogen) atoms. The minimum Gasteiger partial charge on any atom is -0.488 e. The topological polar surface area (TPSA) is 129 Å². The van der Waals surface area contributed by atoms with Crippen molar-refractivity contribution in [2.75, 3.05) is 33.0 Å². The Morgan fingerprint density at radius 2 is 1.81 bits per heavy atom. The number of esters is 2. The van der Waals surface area contributed by atoms with Gasteiger partial charge in [-0.25, -0.2) is 4.98 Å². The quantitative estimate of drug-likeness (QED) is 0.0991. The maximum Gasteiger partial charge on any atom is 0.427 e. The zero-order valence-corrected chi connectivity index (χ0v) is 30.5. The molecule has 0 radical (unpaired) electrons. The molecule has 1 fully saturated rings. The van der Waals surface area contributed by atoms with E-state index < -0.39 is 24.1 Å². The first-order chi connectivity index (χ1) is 26.0. The number of carbonyl (C=O) groups is 2. The molecular weight excluding hydrogens is 724 g/mol. The van der Waals surface area contributed by atoms with Crippen LogP contribution >= 0.6 is 11.6 Å². The van der Waals surface area contributed by atoms with Crippen molar-refractivity contribution >= 4 is 23.5 Å². The van der Waals surface area contributed by atoms with Gasteiger partial charge in [0, 0.05) is 31.3 Å². The summed E-state index contributed by atoms with van der Waals surface area (Å²) in [4.78, 5) is 30.1. The average molecular weight is 762 g/mol. The van der Waals surface area contributed by atoms with Crippen molar-refractivity contribution in [1.29, 1.82) is 5.26 Å². The molecule has 0 spiro atoms. The first kappa shape index (κ1) is 38.3. The molecule has 0 bridgehead atoms. The van der Waals surface area contributed by atoms with E-state index in [9.17, 15) is 14.9 Å². The Balaban J connectivity index is 1.28. The maximum absolute atomic E-state index is 16.2. The first-order valence-corrected chi connectivity index (χ1v) is 17.8. The summed E-state index contributed by atoms with van der Waals surface area (Å²) in [5, 5.41) is 9.23. The Hall–Kier alpha value is -5.45. The Morgan fingerprint density at radius 3 is 2.61 bits per heavy atom. The van der Waals surface area contributed by atoms with Crippen LogP contribution in [0.2, 0.25) is 5.02 Å². The number of likely N-dealkylation sites (tertiary alicyclic amines) is 1. The highest BCUT2D eigenvalue weighted by molar-refractivity contribution is 6.32. The molecule has 1 atom stereocenters. The van der Waals surface area contributed by atoms with Gasteiger partial charge in [-0.05, 0) is 85.0 Å². The normalized spacial score (nSPS) is 15.5. The molecular formula is C40H38ClF2N3O8. The van der Waals surface area contributed by atoms with Crippen LogP contribution in [0.1, 0.15) is 54.1 Å². The van der Waals surface area contributed by atoms with Crippen LogP contribution in [0.4, 0.5) is 8.78 Å². The molecule has 0 amide bonds. The fourth-order valence-electron chi connectivity index (χ4n) is 6.46. The van der Waals surface area contributed by atoms with Crippen LogP contribution in [0.5, 0.6) is 23.0 Å². The molecule has 2 aliphatic rings. The third kappa shape index (κ3) is 9.18. The zero-order valence-electron chi connectivity index (χ0n) is 29.7. The lowest BCUT2D eigenvalue weighted by atomic mass is 9.95. The van der Waals surface area contributed by atoms with Crippen molar-refractivity contribution in [1.82, 2.24) is 9.88 Å². The SMILES string of the molecule is CC(=O)OCCOC(=O)[C@@H]1CCCCN1Cc1cc(Cl)c(OC(F)(F)c2cccc(-c3ccc4c(c3)OCCO4)c2C)cc1OCc1ccnc(C#N)c1. The molecule has 1 saturated heterocycles. The fourth-order valence-corrected chi connectivity index (χ4v) is 6.68. The molecule has 0 unspecified atom stereocenters. The van der Waals surface area contributed by atoms with E-state index in [1.165, 1.54) is 37.4 Å². The molecule has 6 rings (SSSR count). The second-order valence-electron chi connectivity index (χ2n) is 12.8. The maximum atomic E-state index is 16.2. The number of ether oxygens (including phenoxy) is 6. The summed E-state index contributed by atoms with van der Waals surface area (Å²) in [7, 11) is 0. The summed E-state index contributed by atoms with van der Waals surface area (Å²) < 4.78 is 65.6. The molecule has 14 heteroatoms. The molecule has 1 aromatic heterocycles. The number of carbonyl (C=O) groups excluding carboxylic acids is 2. The number of rotatable bonds is 13. The van der Waals surface area contributed by atoms with Crippen LogP contribution in [0, 0.1) is 18.3 Å². The second kappa shape index (κ2) is 17.1. The number of nitriles is 1. The van der Waals surface area contributed by atoms with E-state index in [-0.39, 0.29) is 54.1 Å². The smallest absolute Gasteiger partial charge is 0.427 e. The van der Waals surface area contributed by atoms with Crippen molar-refractivity contribution in [3.05, 3.63) is 99.8 Å². The van der Waals surface area contributed by atoms with E-state index in [4.69, 9.17) is 40.0 Å². The number of fused-ring (bicyclic) bond motifs is 1. The van der Waals surface area contributed by atoms with E-state index >= 15 is 8.78 Å². The number of benzene rings is 3. The Morgan fingerprint density at radius 1 is 1.02 bits per heavy atom. The van der Waals surface area contributed by atoms with Crippen molar-refractivity contribution in [2.24, 2.45) is 0 Å². The van der Waals surface area contributed by atoms with Crippen molar-refractivity contribution in [3.63, 3.8) is 0 Å². The van der Waals surface area contributed by atoms with E-state index in [1.54, 1.807) is 43.3 Å². The van der Waals surface area contributed by atoms with Crippen LogP contribution in [-0.2, 0) is 38.3 Å². The largest absolute Gasteiger partial charge is 0.488 e. The number of hydrogen-bond donors (Lipinski definition) is 0. The van der Waals surface area contributed by atoms with Crippen LogP contribution in [0.25, 0.3) is 11.1 Å². The highest BCUT2D eigenvalue weighted by atomic mass is 35.5. The van der Waals surface area contributed by atoms with E-state index in [2.05, 4.69) is 4.98 Å². The van der Waals surface area contributed by atoms with Gasteiger partial charge in [0.1, 0.15) is 62.3 Å². The van der Waals surface area contributed by atoms with Gasteiger partial charge in [-0.15, -0.1) is 0 Å². The predicted octanol–water partition coefficient (Wildman–Crippen LogP) is 7.52. The molecule has 0 saturated carbocycles. The average Bonchev–Trinajstić information content (AvgIpc) is 3.17. The van der Waals surface area contributed by atoms with E-state index in [0.717, 1.165) is 12.8 Å². The summed E-state index contributed by atoms with van der Waals surface area (Å²) in [6.07, 6.45) is -0.209. The predicted molar refractivity (Wildman–Crippen MR) is 193 cm³/mol. The van der Waals surface area contributed by atoms with Gasteiger partial charge in [0.2, 0.25) is 0 Å². The Bertz CT molecular complexity index is 2060. The van der Waals surface area contributed by atoms with Gasteiger partial charge in [-0.3, -0.25) is 14.5 Å². The van der Waals surface area contributed by atoms with Crippen LogP contribution in [0.15, 0.2) is 66.9 Å². The number of piperidine rings is 1. The lowest BCUT2D eigenvalue weighted by Gasteiger charge is -2.34. The monoisotopic (exact) mass is 761 g/mol. The molecule has 0 aliphatic carbocycles. The highest BCUT2D eigenvalue weighted by Gasteiger charge is 2.38. The molecule has 4 aromatic rings. The Kier molecular flexibility index (Phi) is 12.1. The number of aromatic nitrogens is 1. The number of alkyl halides is 2. The lowest BCUT2D eigenvalue weighted by Crippen LogP contribution is -2.45. The molecule has 2 aliphatic heterocycles. The fraction of sp³-hybridized carbons (Fsp3) is 0.350. The molecule has 3 heterocycles. The summed E-state index contributed by atoms with van der Waals surface area (Å²) in [6.45, 7) is 4.24. The first-order valence-electron chi connectivity index (χ1n) is 17.4. The van der Waals surface area contributed by atoms with Gasteiger partial charge in [0.15, 0.2) is 11.5 Å². The number of pyridine rings is 1. The van der Waals surface area contributed by atoms with Crippen molar-refractivity contribution < 1.29 is 46.8 Å². The zero-order chi connectivity index (χ0) is 38.2. The third-order valence-corrected chi connectivity index (χ3v) is 9.37. The summed E-state index contributed by atoms with van der Waals surface area (Å²) in [6, 6.07) is 17.3. The van der Waals surface area contributed by atoms with Gasteiger partial charge < -0.3 is 28.4 Å². The number of halogens is 3.